The average Bonchev–Trinajstić information content (AvgIpc) is 2.92. The zero-order valence-corrected chi connectivity index (χ0v) is 15.2. The fraction of sp³-hybridized carbons (Fsp3) is 0.176. The SMILES string of the molecule is [B]C1C=c2c(oc3c(=O)[nH]c(-c4ccc(S(C)(=O)=O)cc4Cl)nc23)=CC1. The van der Waals surface area contributed by atoms with Gasteiger partial charge in [0.1, 0.15) is 16.8 Å². The molecule has 2 radical (unpaired) electrons. The number of nitrogens with one attached hydrogen (secondary N) is 1. The van der Waals surface area contributed by atoms with Crippen molar-refractivity contribution in [3.8, 4) is 11.4 Å². The van der Waals surface area contributed by atoms with Gasteiger partial charge in [0.15, 0.2) is 9.84 Å². The van der Waals surface area contributed by atoms with Crippen LogP contribution in [0.3, 0.4) is 0 Å². The van der Waals surface area contributed by atoms with Gasteiger partial charge in [-0.2, -0.15) is 0 Å². The summed E-state index contributed by atoms with van der Waals surface area (Å²) in [5.74, 6) is 0.0502. The Kier molecular flexibility index (Phi) is 3.85. The highest BCUT2D eigenvalue weighted by Gasteiger charge is 2.17. The minimum Gasteiger partial charge on any atom is -0.449 e. The van der Waals surface area contributed by atoms with Gasteiger partial charge < -0.3 is 9.40 Å². The maximum Gasteiger partial charge on any atom is 0.294 e. The number of H-pyrrole nitrogens is 1. The predicted molar refractivity (Wildman–Crippen MR) is 100 cm³/mol. The molecule has 9 heteroatoms. The molecule has 26 heavy (non-hydrogen) atoms. The molecule has 0 fully saturated rings. The van der Waals surface area contributed by atoms with Gasteiger partial charge in [-0.3, -0.25) is 4.79 Å². The van der Waals surface area contributed by atoms with Crippen LogP contribution in [0.25, 0.3) is 34.6 Å². The van der Waals surface area contributed by atoms with Gasteiger partial charge in [-0.15, -0.1) is 0 Å². The zero-order valence-electron chi connectivity index (χ0n) is 13.6. The van der Waals surface area contributed by atoms with Crippen molar-refractivity contribution in [2.45, 2.75) is 17.1 Å². The second-order valence-corrected chi connectivity index (χ2v) is 8.58. The highest BCUT2D eigenvalue weighted by molar-refractivity contribution is 7.90. The van der Waals surface area contributed by atoms with Gasteiger partial charge in [0, 0.05) is 17.0 Å². The molecule has 1 N–H and O–H groups in total. The summed E-state index contributed by atoms with van der Waals surface area (Å²) in [6.45, 7) is 0. The maximum absolute atomic E-state index is 12.4. The van der Waals surface area contributed by atoms with Crippen LogP contribution in [0.4, 0.5) is 0 Å². The number of aromatic nitrogens is 2. The molecule has 0 amide bonds. The van der Waals surface area contributed by atoms with Gasteiger partial charge in [0.05, 0.1) is 17.8 Å². The van der Waals surface area contributed by atoms with Crippen LogP contribution >= 0.6 is 11.6 Å². The second kappa shape index (κ2) is 5.85. The Morgan fingerprint density at radius 2 is 2.15 bits per heavy atom. The lowest BCUT2D eigenvalue weighted by Crippen LogP contribution is -2.24. The van der Waals surface area contributed by atoms with Crippen molar-refractivity contribution in [2.75, 3.05) is 6.26 Å². The third-order valence-corrected chi connectivity index (χ3v) is 5.61. The molecule has 130 valence electrons. The van der Waals surface area contributed by atoms with Gasteiger partial charge in [-0.1, -0.05) is 23.5 Å². The van der Waals surface area contributed by atoms with E-state index in [9.17, 15) is 13.2 Å². The van der Waals surface area contributed by atoms with E-state index in [4.69, 9.17) is 23.9 Å². The van der Waals surface area contributed by atoms with Crippen LogP contribution in [-0.2, 0) is 9.84 Å². The highest BCUT2D eigenvalue weighted by Crippen LogP contribution is 2.28. The molecule has 6 nitrogen and oxygen atoms in total. The quantitative estimate of drug-likeness (QED) is 0.667. The van der Waals surface area contributed by atoms with Crippen LogP contribution in [0, 0.1) is 0 Å². The minimum atomic E-state index is -3.39. The van der Waals surface area contributed by atoms with Crippen molar-refractivity contribution >= 4 is 52.5 Å². The van der Waals surface area contributed by atoms with E-state index in [2.05, 4.69) is 9.97 Å². The van der Waals surface area contributed by atoms with Crippen LogP contribution < -0.4 is 16.2 Å². The molecular formula is C17H12BClN2O4S. The number of sulfone groups is 1. The number of benzene rings is 1. The molecule has 1 aromatic carbocycles. The largest absolute Gasteiger partial charge is 0.449 e. The maximum atomic E-state index is 12.4. The number of furan rings is 1. The monoisotopic (exact) mass is 386 g/mol. The molecular weight excluding hydrogens is 375 g/mol. The second-order valence-electron chi connectivity index (χ2n) is 6.16. The fourth-order valence-electron chi connectivity index (χ4n) is 2.91. The molecule has 2 aromatic heterocycles. The number of fused-ring (bicyclic) bond motifs is 3. The topological polar surface area (TPSA) is 93.0 Å². The first-order valence-corrected chi connectivity index (χ1v) is 10.0. The first-order valence-electron chi connectivity index (χ1n) is 7.74. The van der Waals surface area contributed by atoms with Crippen molar-refractivity contribution in [3.63, 3.8) is 0 Å². The van der Waals surface area contributed by atoms with Crippen LogP contribution in [0.1, 0.15) is 6.42 Å². The smallest absolute Gasteiger partial charge is 0.294 e. The molecule has 0 spiro atoms. The lowest BCUT2D eigenvalue weighted by atomic mass is 9.82. The van der Waals surface area contributed by atoms with E-state index in [0.29, 0.717) is 28.1 Å². The van der Waals surface area contributed by atoms with Gasteiger partial charge in [-0.25, -0.2) is 13.4 Å². The van der Waals surface area contributed by atoms with Gasteiger partial charge >= 0.3 is 0 Å². The third-order valence-electron chi connectivity index (χ3n) is 4.19. The van der Waals surface area contributed by atoms with Gasteiger partial charge in [-0.05, 0) is 30.7 Å². The first kappa shape index (κ1) is 17.1. The third kappa shape index (κ3) is 2.79. The Hall–Kier alpha value is -2.32. The van der Waals surface area contributed by atoms with Crippen molar-refractivity contribution in [1.29, 1.82) is 0 Å². The van der Waals surface area contributed by atoms with Gasteiger partial charge in [0.25, 0.3) is 5.56 Å². The molecule has 0 bridgehead atoms. The molecule has 0 saturated carbocycles. The van der Waals surface area contributed by atoms with E-state index in [1.54, 1.807) is 0 Å². The number of hydrogen-bond acceptors (Lipinski definition) is 5. The normalized spacial score (nSPS) is 16.8. The number of rotatable bonds is 2. The predicted octanol–water partition coefficient (Wildman–Crippen LogP) is 1.16. The number of halogens is 1. The van der Waals surface area contributed by atoms with Crippen molar-refractivity contribution in [3.05, 3.63) is 44.2 Å². The molecule has 3 aromatic rings. The van der Waals surface area contributed by atoms with Crippen molar-refractivity contribution < 1.29 is 12.8 Å². The molecule has 4 rings (SSSR count). The van der Waals surface area contributed by atoms with E-state index < -0.39 is 15.4 Å². The van der Waals surface area contributed by atoms with Crippen LogP contribution in [-0.4, -0.2) is 32.5 Å². The lowest BCUT2D eigenvalue weighted by Gasteiger charge is -2.06. The number of aromatic amines is 1. The van der Waals surface area contributed by atoms with E-state index in [1.165, 1.54) is 18.2 Å². The molecule has 2 heterocycles. The molecule has 1 unspecified atom stereocenters. The Labute approximate surface area is 154 Å². The van der Waals surface area contributed by atoms with Crippen LogP contribution in [0.15, 0.2) is 32.3 Å². The van der Waals surface area contributed by atoms with Gasteiger partial charge in [0.2, 0.25) is 5.58 Å². The first-order chi connectivity index (χ1) is 12.2. The van der Waals surface area contributed by atoms with Crippen LogP contribution in [0.2, 0.25) is 10.8 Å². The van der Waals surface area contributed by atoms with Crippen molar-refractivity contribution in [1.82, 2.24) is 9.97 Å². The summed E-state index contributed by atoms with van der Waals surface area (Å²) < 4.78 is 28.9. The standard InChI is InChI=1S/C17H12BClN2O4S/c1-26(23,24)9-3-4-10(12(19)7-9)16-20-14-11-6-8(18)2-5-13(11)25-15(14)17(22)21-16/h3-8H,2H2,1H3,(H,20,21,22). The Morgan fingerprint density at radius 3 is 2.85 bits per heavy atom. The van der Waals surface area contributed by atoms with E-state index in [-0.39, 0.29) is 27.1 Å². The summed E-state index contributed by atoms with van der Waals surface area (Å²) in [6.07, 6.45) is 5.36. The summed E-state index contributed by atoms with van der Waals surface area (Å²) in [5.41, 5.74) is 1.04. The summed E-state index contributed by atoms with van der Waals surface area (Å²) in [7, 11) is 2.56. The average molecular weight is 387 g/mol. The minimum absolute atomic E-state index is 0.0873. The molecule has 1 aliphatic carbocycles. The van der Waals surface area contributed by atoms with E-state index in [0.717, 1.165) is 6.26 Å². The molecule has 1 atom stereocenters. The fourth-order valence-corrected chi connectivity index (χ4v) is 3.89. The number of nitrogens with zero attached hydrogens (tertiary/aromatic N) is 1. The number of hydrogen-bond donors (Lipinski definition) is 1. The molecule has 1 aliphatic rings. The molecule has 0 aliphatic heterocycles. The summed E-state index contributed by atoms with van der Waals surface area (Å²) in [6, 6.07) is 4.26. The zero-order chi connectivity index (χ0) is 18.6. The summed E-state index contributed by atoms with van der Waals surface area (Å²) in [4.78, 5) is 19.6. The Balaban J connectivity index is 1.99. The Bertz CT molecular complexity index is 1340. The lowest BCUT2D eigenvalue weighted by molar-refractivity contribution is 0.567. The summed E-state index contributed by atoms with van der Waals surface area (Å²) in [5, 5.41) is 0.843. The van der Waals surface area contributed by atoms with E-state index >= 15 is 0 Å². The van der Waals surface area contributed by atoms with Crippen molar-refractivity contribution in [2.24, 2.45) is 0 Å². The summed E-state index contributed by atoms with van der Waals surface area (Å²) >= 11 is 6.23. The Morgan fingerprint density at radius 1 is 1.38 bits per heavy atom. The molecule has 0 saturated heterocycles. The highest BCUT2D eigenvalue weighted by atomic mass is 35.5. The van der Waals surface area contributed by atoms with E-state index in [1.807, 2.05) is 12.2 Å². The van der Waals surface area contributed by atoms with Crippen LogP contribution in [0.5, 0.6) is 0 Å².